The van der Waals surface area contributed by atoms with E-state index in [1.807, 2.05) is 30.3 Å². The fourth-order valence-electron chi connectivity index (χ4n) is 4.61. The number of rotatable bonds is 6. The smallest absolute Gasteiger partial charge is 0.343 e. The number of benzene rings is 1. The van der Waals surface area contributed by atoms with Crippen LogP contribution in [0.25, 0.3) is 0 Å². The molecule has 24 heavy (non-hydrogen) atoms. The Kier molecular flexibility index (Phi) is 4.35. The van der Waals surface area contributed by atoms with Gasteiger partial charge >= 0.3 is 5.97 Å². The van der Waals surface area contributed by atoms with Crippen molar-refractivity contribution >= 4 is 5.97 Å². The fourth-order valence-corrected chi connectivity index (χ4v) is 4.61. The number of nitrogens with zero attached hydrogens (tertiary/aromatic N) is 1. The van der Waals surface area contributed by atoms with Crippen LogP contribution < -0.4 is 0 Å². The topological polar surface area (TPSA) is 49.8 Å². The molecule has 3 atom stereocenters. The SMILES string of the molecule is O=C(OCCN1CC2CC2C1)[C@](O)(c1ccccc1)C1CCCC1. The number of esters is 1. The minimum absolute atomic E-state index is 0.0353. The van der Waals surface area contributed by atoms with Gasteiger partial charge in [-0.1, -0.05) is 43.2 Å². The summed E-state index contributed by atoms with van der Waals surface area (Å²) in [4.78, 5) is 15.2. The van der Waals surface area contributed by atoms with E-state index in [1.54, 1.807) is 0 Å². The molecule has 0 bridgehead atoms. The highest BCUT2D eigenvalue weighted by Gasteiger charge is 2.48. The predicted octanol–water partition coefficient (Wildman–Crippen LogP) is 2.56. The van der Waals surface area contributed by atoms with Gasteiger partial charge in [-0.3, -0.25) is 4.90 Å². The van der Waals surface area contributed by atoms with Crippen LogP contribution in [-0.4, -0.2) is 42.2 Å². The van der Waals surface area contributed by atoms with Gasteiger partial charge in [0, 0.05) is 25.6 Å². The van der Waals surface area contributed by atoms with Crippen LogP contribution >= 0.6 is 0 Å². The first-order chi connectivity index (χ1) is 11.7. The summed E-state index contributed by atoms with van der Waals surface area (Å²) in [5.74, 6) is 1.28. The predicted molar refractivity (Wildman–Crippen MR) is 91.3 cm³/mol. The van der Waals surface area contributed by atoms with Gasteiger partial charge in [0.1, 0.15) is 6.61 Å². The van der Waals surface area contributed by atoms with Crippen molar-refractivity contribution in [3.63, 3.8) is 0 Å². The summed E-state index contributed by atoms with van der Waals surface area (Å²) in [5.41, 5.74) is -0.824. The van der Waals surface area contributed by atoms with Crippen molar-refractivity contribution in [2.24, 2.45) is 17.8 Å². The average molecular weight is 329 g/mol. The van der Waals surface area contributed by atoms with Crippen molar-refractivity contribution in [1.82, 2.24) is 4.90 Å². The lowest BCUT2D eigenvalue weighted by atomic mass is 9.80. The Labute approximate surface area is 143 Å². The summed E-state index contributed by atoms with van der Waals surface area (Å²) in [7, 11) is 0. The molecule has 1 aromatic carbocycles. The van der Waals surface area contributed by atoms with Gasteiger partial charge in [0.15, 0.2) is 5.60 Å². The van der Waals surface area contributed by atoms with Crippen molar-refractivity contribution < 1.29 is 14.6 Å². The van der Waals surface area contributed by atoms with Crippen LogP contribution in [-0.2, 0) is 15.1 Å². The molecule has 1 heterocycles. The molecule has 3 aliphatic rings. The zero-order valence-electron chi connectivity index (χ0n) is 14.2. The first-order valence-corrected chi connectivity index (χ1v) is 9.35. The van der Waals surface area contributed by atoms with Crippen LogP contribution in [0.4, 0.5) is 0 Å². The van der Waals surface area contributed by atoms with Gasteiger partial charge in [0.2, 0.25) is 0 Å². The monoisotopic (exact) mass is 329 g/mol. The Morgan fingerprint density at radius 3 is 2.50 bits per heavy atom. The molecule has 130 valence electrons. The van der Waals surface area contributed by atoms with Gasteiger partial charge < -0.3 is 9.84 Å². The van der Waals surface area contributed by atoms with E-state index in [0.29, 0.717) is 12.2 Å². The van der Waals surface area contributed by atoms with Crippen LogP contribution in [0.2, 0.25) is 0 Å². The fraction of sp³-hybridized carbons (Fsp3) is 0.650. The number of carbonyl (C=O) groups excluding carboxylic acids is 1. The Balaban J connectivity index is 1.41. The molecule has 0 aromatic heterocycles. The second-order valence-electron chi connectivity index (χ2n) is 7.77. The maximum absolute atomic E-state index is 12.8. The molecule has 0 radical (unpaired) electrons. The molecule has 2 saturated carbocycles. The van der Waals surface area contributed by atoms with Crippen LogP contribution in [0.5, 0.6) is 0 Å². The van der Waals surface area contributed by atoms with Gasteiger partial charge in [-0.2, -0.15) is 0 Å². The van der Waals surface area contributed by atoms with E-state index in [2.05, 4.69) is 4.90 Å². The molecule has 1 saturated heterocycles. The highest BCUT2D eigenvalue weighted by Crippen LogP contribution is 2.45. The number of piperidine rings is 1. The van der Waals surface area contributed by atoms with E-state index in [9.17, 15) is 9.90 Å². The molecular formula is C20H27NO3. The Morgan fingerprint density at radius 1 is 1.17 bits per heavy atom. The highest BCUT2D eigenvalue weighted by molar-refractivity contribution is 5.81. The molecule has 1 aliphatic heterocycles. The maximum Gasteiger partial charge on any atom is 0.343 e. The summed E-state index contributed by atoms with van der Waals surface area (Å²) in [5, 5.41) is 11.3. The van der Waals surface area contributed by atoms with Crippen LogP contribution in [0.3, 0.4) is 0 Å². The minimum atomic E-state index is -1.50. The first kappa shape index (κ1) is 16.1. The molecule has 0 amide bonds. The number of fused-ring (bicyclic) bond motifs is 1. The van der Waals surface area contributed by atoms with Crippen molar-refractivity contribution in [3.05, 3.63) is 35.9 Å². The van der Waals surface area contributed by atoms with E-state index in [0.717, 1.165) is 57.2 Å². The Morgan fingerprint density at radius 2 is 1.83 bits per heavy atom. The number of carbonyl (C=O) groups is 1. The van der Waals surface area contributed by atoms with Crippen LogP contribution in [0.1, 0.15) is 37.7 Å². The normalized spacial score (nSPS) is 29.2. The average Bonchev–Trinajstić information content (AvgIpc) is 3.03. The lowest BCUT2D eigenvalue weighted by Gasteiger charge is -2.32. The first-order valence-electron chi connectivity index (χ1n) is 9.35. The standard InChI is InChI=1S/C20H27NO3/c22-19(24-11-10-21-13-15-12-16(15)14-21)20(23,18-8-4-5-9-18)17-6-2-1-3-7-17/h1-3,6-7,15-16,18,23H,4-5,8-14H2/t15?,16?,20-/m0/s1. The lowest BCUT2D eigenvalue weighted by molar-refractivity contribution is -0.174. The minimum Gasteiger partial charge on any atom is -0.462 e. The second kappa shape index (κ2) is 6.49. The summed E-state index contributed by atoms with van der Waals surface area (Å²) >= 11 is 0. The molecule has 1 aromatic rings. The summed E-state index contributed by atoms with van der Waals surface area (Å²) in [6, 6.07) is 9.34. The third-order valence-electron chi connectivity index (χ3n) is 6.17. The molecule has 4 heteroatoms. The molecule has 4 rings (SSSR count). The second-order valence-corrected chi connectivity index (χ2v) is 7.77. The Bertz CT molecular complexity index is 574. The van der Waals surface area contributed by atoms with Crippen molar-refractivity contribution in [2.45, 2.75) is 37.7 Å². The molecule has 4 nitrogen and oxygen atoms in total. The van der Waals surface area contributed by atoms with Gasteiger partial charge in [0.25, 0.3) is 0 Å². The molecule has 0 spiro atoms. The molecule has 3 fully saturated rings. The summed E-state index contributed by atoms with van der Waals surface area (Å²) in [6.45, 7) is 3.45. The molecule has 2 unspecified atom stereocenters. The number of hydrogen-bond donors (Lipinski definition) is 1. The van der Waals surface area contributed by atoms with E-state index in [-0.39, 0.29) is 5.92 Å². The van der Waals surface area contributed by atoms with Crippen molar-refractivity contribution in [3.8, 4) is 0 Å². The van der Waals surface area contributed by atoms with Gasteiger partial charge in [-0.25, -0.2) is 4.79 Å². The number of ether oxygens (including phenoxy) is 1. The van der Waals surface area contributed by atoms with E-state index >= 15 is 0 Å². The van der Waals surface area contributed by atoms with Crippen LogP contribution in [0.15, 0.2) is 30.3 Å². The van der Waals surface area contributed by atoms with Gasteiger partial charge in [0.05, 0.1) is 0 Å². The third-order valence-corrected chi connectivity index (χ3v) is 6.17. The van der Waals surface area contributed by atoms with Gasteiger partial charge in [-0.15, -0.1) is 0 Å². The quantitative estimate of drug-likeness (QED) is 0.815. The molecule has 1 N–H and O–H groups in total. The molecule has 2 aliphatic carbocycles. The molecular weight excluding hydrogens is 302 g/mol. The summed E-state index contributed by atoms with van der Waals surface area (Å²) in [6.07, 6.45) is 5.30. The van der Waals surface area contributed by atoms with E-state index in [4.69, 9.17) is 4.74 Å². The highest BCUT2D eigenvalue weighted by atomic mass is 16.5. The van der Waals surface area contributed by atoms with Crippen molar-refractivity contribution in [1.29, 1.82) is 0 Å². The summed E-state index contributed by atoms with van der Waals surface area (Å²) < 4.78 is 5.56. The van der Waals surface area contributed by atoms with Crippen LogP contribution in [0, 0.1) is 17.8 Å². The number of likely N-dealkylation sites (tertiary alicyclic amines) is 1. The largest absolute Gasteiger partial charge is 0.462 e. The Hall–Kier alpha value is -1.39. The van der Waals surface area contributed by atoms with E-state index < -0.39 is 11.6 Å². The number of aliphatic hydroxyl groups is 1. The third kappa shape index (κ3) is 2.98. The lowest BCUT2D eigenvalue weighted by Crippen LogP contribution is -2.44. The maximum atomic E-state index is 12.8. The van der Waals surface area contributed by atoms with Gasteiger partial charge in [-0.05, 0) is 36.7 Å². The van der Waals surface area contributed by atoms with E-state index in [1.165, 1.54) is 6.42 Å². The zero-order chi connectivity index (χ0) is 16.6. The number of hydrogen-bond acceptors (Lipinski definition) is 4. The zero-order valence-corrected chi connectivity index (χ0v) is 14.2. The van der Waals surface area contributed by atoms with Crippen molar-refractivity contribution in [2.75, 3.05) is 26.2 Å².